The molecular weight excluding hydrogens is 230 g/mol. The highest BCUT2D eigenvalue weighted by Gasteiger charge is 2.15. The summed E-state index contributed by atoms with van der Waals surface area (Å²) in [5, 5.41) is 2.37. The quantitative estimate of drug-likeness (QED) is 0.616. The molecule has 0 atom stereocenters. The van der Waals surface area contributed by atoms with Crippen molar-refractivity contribution in [1.29, 1.82) is 0 Å². The molecule has 6 nitrogen and oxygen atoms in total. The first kappa shape index (κ1) is 10.8. The average Bonchev–Trinajstić information content (AvgIpc) is 2.54. The number of anilines is 1. The normalized spacial score (nSPS) is 11.5. The van der Waals surface area contributed by atoms with Crippen molar-refractivity contribution in [3.8, 4) is 0 Å². The van der Waals surface area contributed by atoms with Gasteiger partial charge in [-0.2, -0.15) is 4.98 Å². The van der Waals surface area contributed by atoms with Crippen molar-refractivity contribution in [3.05, 3.63) is 27.9 Å². The van der Waals surface area contributed by atoms with Crippen LogP contribution in [0.4, 0.5) is 5.95 Å². The third-order valence-corrected chi connectivity index (χ3v) is 3.51. The molecule has 18 heavy (non-hydrogen) atoms. The number of aromatic amines is 1. The predicted molar refractivity (Wildman–Crippen MR) is 70.5 cm³/mol. The van der Waals surface area contributed by atoms with Gasteiger partial charge in [-0.05, 0) is 13.8 Å². The van der Waals surface area contributed by atoms with E-state index in [1.165, 1.54) is 0 Å². The van der Waals surface area contributed by atoms with Crippen LogP contribution in [0.3, 0.4) is 0 Å². The smallest absolute Gasteiger partial charge is 0.262 e. The molecule has 0 aliphatic rings. The maximum Gasteiger partial charge on any atom is 0.262 e. The number of nitrogens with one attached hydrogen (secondary N) is 1. The van der Waals surface area contributed by atoms with E-state index in [4.69, 9.17) is 5.73 Å². The maximum absolute atomic E-state index is 12.1. The fourth-order valence-corrected chi connectivity index (χ4v) is 2.37. The van der Waals surface area contributed by atoms with E-state index in [1.54, 1.807) is 6.20 Å². The van der Waals surface area contributed by atoms with Gasteiger partial charge in [0.15, 0.2) is 5.65 Å². The first-order valence-electron chi connectivity index (χ1n) is 5.60. The summed E-state index contributed by atoms with van der Waals surface area (Å²) >= 11 is 0. The fraction of sp³-hybridized carbons (Fsp3) is 0.250. The number of pyridine rings is 1. The molecule has 6 heteroatoms. The van der Waals surface area contributed by atoms with Crippen LogP contribution in [0.25, 0.3) is 21.8 Å². The van der Waals surface area contributed by atoms with Gasteiger partial charge in [0.05, 0.1) is 5.39 Å². The SMILES string of the molecule is Cc1c2cnc3nc(N)[nH]c(=O)c3c2c(C)n1C. The molecule has 3 heterocycles. The van der Waals surface area contributed by atoms with E-state index in [-0.39, 0.29) is 11.5 Å². The first-order valence-corrected chi connectivity index (χ1v) is 5.60. The minimum absolute atomic E-state index is 0.0876. The number of H-pyrrole nitrogens is 1. The Morgan fingerprint density at radius 3 is 2.72 bits per heavy atom. The van der Waals surface area contributed by atoms with E-state index in [0.717, 1.165) is 22.2 Å². The zero-order valence-corrected chi connectivity index (χ0v) is 10.4. The number of aryl methyl sites for hydroxylation is 2. The number of fused-ring (bicyclic) bond motifs is 3. The summed E-state index contributed by atoms with van der Waals surface area (Å²) in [5.74, 6) is 0.0876. The van der Waals surface area contributed by atoms with Crippen LogP contribution in [0.5, 0.6) is 0 Å². The number of nitrogens with zero attached hydrogens (tertiary/aromatic N) is 3. The van der Waals surface area contributed by atoms with Gasteiger partial charge in [0.2, 0.25) is 5.95 Å². The molecule has 0 saturated carbocycles. The maximum atomic E-state index is 12.1. The highest BCUT2D eigenvalue weighted by molar-refractivity contribution is 6.06. The Labute approximate surface area is 102 Å². The highest BCUT2D eigenvalue weighted by atomic mass is 16.1. The van der Waals surface area contributed by atoms with Gasteiger partial charge in [0.1, 0.15) is 0 Å². The molecule has 0 bridgehead atoms. The van der Waals surface area contributed by atoms with Crippen LogP contribution in [-0.4, -0.2) is 19.5 Å². The standard InChI is InChI=1S/C12H13N5O/c1-5-7-4-14-10-9(8(7)6(2)17(5)3)11(18)16-12(13)15-10/h4H,1-3H3,(H3,13,15,16,18). The molecule has 3 aromatic rings. The Balaban J connectivity index is 2.70. The van der Waals surface area contributed by atoms with E-state index < -0.39 is 0 Å². The lowest BCUT2D eigenvalue weighted by atomic mass is 10.1. The Morgan fingerprint density at radius 1 is 1.28 bits per heavy atom. The second kappa shape index (κ2) is 3.32. The Morgan fingerprint density at radius 2 is 2.00 bits per heavy atom. The van der Waals surface area contributed by atoms with Crippen molar-refractivity contribution in [2.24, 2.45) is 7.05 Å². The number of hydrogen-bond donors (Lipinski definition) is 2. The van der Waals surface area contributed by atoms with E-state index in [0.29, 0.717) is 11.0 Å². The summed E-state index contributed by atoms with van der Waals surface area (Å²) in [5.41, 5.74) is 7.77. The van der Waals surface area contributed by atoms with Gasteiger partial charge in [-0.3, -0.25) is 9.78 Å². The van der Waals surface area contributed by atoms with Crippen molar-refractivity contribution in [1.82, 2.24) is 19.5 Å². The molecule has 0 amide bonds. The summed E-state index contributed by atoms with van der Waals surface area (Å²) in [4.78, 5) is 22.9. The van der Waals surface area contributed by atoms with E-state index in [2.05, 4.69) is 15.0 Å². The average molecular weight is 243 g/mol. The summed E-state index contributed by atoms with van der Waals surface area (Å²) in [6.07, 6.45) is 1.74. The third-order valence-electron chi connectivity index (χ3n) is 3.51. The second-order valence-corrected chi connectivity index (χ2v) is 4.43. The molecule has 0 fully saturated rings. The molecule has 0 aliphatic carbocycles. The van der Waals surface area contributed by atoms with Gasteiger partial charge in [-0.1, -0.05) is 0 Å². The van der Waals surface area contributed by atoms with E-state index >= 15 is 0 Å². The molecule has 0 unspecified atom stereocenters. The highest BCUT2D eigenvalue weighted by Crippen LogP contribution is 2.27. The first-order chi connectivity index (χ1) is 8.50. The van der Waals surface area contributed by atoms with Crippen LogP contribution in [0, 0.1) is 13.8 Å². The minimum Gasteiger partial charge on any atom is -0.369 e. The van der Waals surface area contributed by atoms with Gasteiger partial charge in [-0.25, -0.2) is 4.98 Å². The van der Waals surface area contributed by atoms with Crippen molar-refractivity contribution in [2.45, 2.75) is 13.8 Å². The fourth-order valence-electron chi connectivity index (χ4n) is 2.37. The second-order valence-electron chi connectivity index (χ2n) is 4.43. The molecule has 3 N–H and O–H groups in total. The van der Waals surface area contributed by atoms with E-state index in [1.807, 2.05) is 25.5 Å². The topological polar surface area (TPSA) is 89.6 Å². The molecule has 0 radical (unpaired) electrons. The van der Waals surface area contributed by atoms with Crippen LogP contribution in [0.15, 0.2) is 11.0 Å². The molecule has 92 valence electrons. The third kappa shape index (κ3) is 1.20. The van der Waals surface area contributed by atoms with Crippen molar-refractivity contribution in [2.75, 3.05) is 5.73 Å². The number of aromatic nitrogens is 4. The minimum atomic E-state index is -0.246. The summed E-state index contributed by atoms with van der Waals surface area (Å²) in [6.45, 7) is 3.98. The molecule has 0 saturated heterocycles. The predicted octanol–water partition coefficient (Wildman–Crippen LogP) is 1.01. The Bertz CT molecular complexity index is 843. The van der Waals surface area contributed by atoms with Crippen LogP contribution < -0.4 is 11.3 Å². The molecule has 3 aromatic heterocycles. The molecule has 0 aromatic carbocycles. The number of hydrogen-bond acceptors (Lipinski definition) is 4. The molecule has 3 rings (SSSR count). The van der Waals surface area contributed by atoms with Crippen LogP contribution in [0.2, 0.25) is 0 Å². The van der Waals surface area contributed by atoms with Crippen LogP contribution in [-0.2, 0) is 7.05 Å². The number of rotatable bonds is 0. The number of nitrogens with two attached hydrogens (primary N) is 1. The lowest BCUT2D eigenvalue weighted by Crippen LogP contribution is -2.12. The van der Waals surface area contributed by atoms with Gasteiger partial charge in [-0.15, -0.1) is 0 Å². The monoisotopic (exact) mass is 243 g/mol. The number of nitrogen functional groups attached to an aromatic ring is 1. The van der Waals surface area contributed by atoms with E-state index in [9.17, 15) is 4.79 Å². The zero-order chi connectivity index (χ0) is 13.0. The molecule has 0 aliphatic heterocycles. The van der Waals surface area contributed by atoms with Gasteiger partial charge in [0.25, 0.3) is 5.56 Å². The summed E-state index contributed by atoms with van der Waals surface area (Å²) in [7, 11) is 1.97. The van der Waals surface area contributed by atoms with Crippen molar-refractivity contribution < 1.29 is 0 Å². The Kier molecular flexibility index (Phi) is 1.98. The van der Waals surface area contributed by atoms with Crippen molar-refractivity contribution in [3.63, 3.8) is 0 Å². The van der Waals surface area contributed by atoms with Crippen LogP contribution in [0.1, 0.15) is 11.4 Å². The molecule has 0 spiro atoms. The van der Waals surface area contributed by atoms with Crippen molar-refractivity contribution >= 4 is 27.8 Å². The summed E-state index contributed by atoms with van der Waals surface area (Å²) in [6, 6.07) is 0. The largest absolute Gasteiger partial charge is 0.369 e. The lowest BCUT2D eigenvalue weighted by Gasteiger charge is -2.00. The van der Waals surface area contributed by atoms with Gasteiger partial charge >= 0.3 is 0 Å². The van der Waals surface area contributed by atoms with Crippen LogP contribution >= 0.6 is 0 Å². The van der Waals surface area contributed by atoms with Gasteiger partial charge < -0.3 is 10.3 Å². The summed E-state index contributed by atoms with van der Waals surface area (Å²) < 4.78 is 2.04. The zero-order valence-electron chi connectivity index (χ0n) is 10.4. The van der Waals surface area contributed by atoms with Gasteiger partial charge in [0, 0.05) is 35.4 Å². The molecular formula is C12H13N5O. The lowest BCUT2D eigenvalue weighted by molar-refractivity contribution is 0.851. The Hall–Kier alpha value is -2.37.